The zero-order valence-electron chi connectivity index (χ0n) is 13.7. The lowest BCUT2D eigenvalue weighted by Gasteiger charge is -2.43. The molecule has 0 aromatic heterocycles. The van der Waals surface area contributed by atoms with Crippen molar-refractivity contribution < 1.29 is 4.79 Å². The van der Waals surface area contributed by atoms with Crippen LogP contribution in [0.1, 0.15) is 43.1 Å². The Morgan fingerprint density at radius 3 is 2.52 bits per heavy atom. The van der Waals surface area contributed by atoms with Crippen LogP contribution in [0.4, 0.5) is 11.4 Å². The largest absolute Gasteiger partial charge is 0.362 e. The number of hydrogen-bond acceptors (Lipinski definition) is 3. The van der Waals surface area contributed by atoms with Crippen molar-refractivity contribution in [3.63, 3.8) is 0 Å². The van der Waals surface area contributed by atoms with Gasteiger partial charge < -0.3 is 10.2 Å². The molecule has 2 aromatic carbocycles. The molecule has 3 aliphatic rings. The second-order valence-corrected chi connectivity index (χ2v) is 7.71. The second-order valence-electron chi connectivity index (χ2n) is 7.71. The number of anilines is 2. The van der Waals surface area contributed by atoms with Crippen molar-refractivity contribution in [1.82, 2.24) is 0 Å². The Bertz CT molecular complexity index is 875. The fourth-order valence-corrected chi connectivity index (χ4v) is 5.41. The van der Waals surface area contributed by atoms with E-state index in [-0.39, 0.29) is 16.9 Å². The maximum absolute atomic E-state index is 13.2. The molecule has 3 atom stereocenters. The SMILES string of the molecule is CC12CC3(C)c4ccccc4NC3(C)N1c1ccccc1C2=O. The summed E-state index contributed by atoms with van der Waals surface area (Å²) in [5.41, 5.74) is 3.56. The van der Waals surface area contributed by atoms with Crippen LogP contribution in [0.15, 0.2) is 48.5 Å². The van der Waals surface area contributed by atoms with E-state index in [1.54, 1.807) is 0 Å². The molecule has 3 nitrogen and oxygen atoms in total. The molecule has 23 heavy (non-hydrogen) atoms. The van der Waals surface area contributed by atoms with Crippen molar-refractivity contribution >= 4 is 17.2 Å². The van der Waals surface area contributed by atoms with Gasteiger partial charge in [-0.25, -0.2) is 0 Å². The van der Waals surface area contributed by atoms with Gasteiger partial charge in [0.2, 0.25) is 0 Å². The molecule has 1 saturated heterocycles. The molecular formula is C20H20N2O. The van der Waals surface area contributed by atoms with Crippen molar-refractivity contribution in [2.45, 2.75) is 43.8 Å². The van der Waals surface area contributed by atoms with Gasteiger partial charge in [0, 0.05) is 16.7 Å². The number of para-hydroxylation sites is 2. The smallest absolute Gasteiger partial charge is 0.190 e. The lowest BCUT2D eigenvalue weighted by molar-refractivity contribution is 0.0913. The summed E-state index contributed by atoms with van der Waals surface area (Å²) in [7, 11) is 0. The van der Waals surface area contributed by atoms with Crippen LogP contribution in [0.5, 0.6) is 0 Å². The predicted octanol–water partition coefficient (Wildman–Crippen LogP) is 3.95. The van der Waals surface area contributed by atoms with Gasteiger partial charge in [-0.05, 0) is 44.0 Å². The summed E-state index contributed by atoms with van der Waals surface area (Å²) >= 11 is 0. The van der Waals surface area contributed by atoms with Gasteiger partial charge in [0.1, 0.15) is 11.2 Å². The number of nitrogens with one attached hydrogen (secondary N) is 1. The maximum Gasteiger partial charge on any atom is 0.190 e. The van der Waals surface area contributed by atoms with E-state index in [0.717, 1.165) is 17.7 Å². The van der Waals surface area contributed by atoms with Crippen LogP contribution in [0.3, 0.4) is 0 Å². The fourth-order valence-electron chi connectivity index (χ4n) is 5.41. The summed E-state index contributed by atoms with van der Waals surface area (Å²) < 4.78 is 0. The maximum atomic E-state index is 13.2. The van der Waals surface area contributed by atoms with Crippen molar-refractivity contribution in [3.8, 4) is 0 Å². The van der Waals surface area contributed by atoms with Gasteiger partial charge in [-0.2, -0.15) is 0 Å². The standard InChI is InChI=1S/C20H20N2O/c1-18-12-19(2)17(23)13-8-4-7-11-16(13)22(19)20(18,3)21-15-10-6-5-9-14(15)18/h4-11,21H,12H2,1-3H3. The molecule has 0 bridgehead atoms. The first kappa shape index (κ1) is 13.2. The van der Waals surface area contributed by atoms with E-state index < -0.39 is 5.54 Å². The Kier molecular flexibility index (Phi) is 2.07. The minimum Gasteiger partial charge on any atom is -0.362 e. The topological polar surface area (TPSA) is 32.3 Å². The van der Waals surface area contributed by atoms with Gasteiger partial charge in [0.25, 0.3) is 0 Å². The zero-order chi connectivity index (χ0) is 16.0. The van der Waals surface area contributed by atoms with Crippen LogP contribution in [0.2, 0.25) is 0 Å². The second kappa shape index (κ2) is 3.61. The normalized spacial score (nSPS) is 36.3. The molecule has 0 saturated carbocycles. The molecule has 0 amide bonds. The molecule has 3 aliphatic heterocycles. The summed E-state index contributed by atoms with van der Waals surface area (Å²) in [6.07, 6.45) is 0.827. The highest BCUT2D eigenvalue weighted by Crippen LogP contribution is 2.64. The number of Topliss-reactive ketones (excluding diaryl/α,β-unsaturated/α-hetero) is 1. The van der Waals surface area contributed by atoms with Crippen molar-refractivity contribution in [2.24, 2.45) is 0 Å². The average Bonchev–Trinajstić information content (AvgIpc) is 2.96. The number of rotatable bonds is 0. The van der Waals surface area contributed by atoms with E-state index >= 15 is 0 Å². The molecule has 5 rings (SSSR count). The van der Waals surface area contributed by atoms with Crippen LogP contribution in [-0.2, 0) is 5.41 Å². The van der Waals surface area contributed by atoms with E-state index in [1.807, 2.05) is 18.2 Å². The number of ketones is 1. The Morgan fingerprint density at radius 2 is 1.70 bits per heavy atom. The van der Waals surface area contributed by atoms with Gasteiger partial charge >= 0.3 is 0 Å². The van der Waals surface area contributed by atoms with Gasteiger partial charge in [0.15, 0.2) is 5.78 Å². The third-order valence-corrected chi connectivity index (χ3v) is 6.49. The first-order valence-corrected chi connectivity index (χ1v) is 8.24. The highest BCUT2D eigenvalue weighted by molar-refractivity contribution is 6.15. The summed E-state index contributed by atoms with van der Waals surface area (Å²) in [5.74, 6) is 0.254. The summed E-state index contributed by atoms with van der Waals surface area (Å²) in [4.78, 5) is 15.5. The quantitative estimate of drug-likeness (QED) is 0.800. The number of carbonyl (C=O) groups excluding carboxylic acids is 1. The summed E-state index contributed by atoms with van der Waals surface area (Å²) in [6.45, 7) is 6.65. The van der Waals surface area contributed by atoms with Gasteiger partial charge in [-0.3, -0.25) is 4.79 Å². The zero-order valence-corrected chi connectivity index (χ0v) is 13.7. The third-order valence-electron chi connectivity index (χ3n) is 6.49. The van der Waals surface area contributed by atoms with Crippen LogP contribution < -0.4 is 10.2 Å². The van der Waals surface area contributed by atoms with Crippen molar-refractivity contribution in [3.05, 3.63) is 59.7 Å². The van der Waals surface area contributed by atoms with Crippen molar-refractivity contribution in [1.29, 1.82) is 0 Å². The van der Waals surface area contributed by atoms with Crippen LogP contribution in [-0.4, -0.2) is 17.0 Å². The predicted molar refractivity (Wildman–Crippen MR) is 92.1 cm³/mol. The minimum atomic E-state index is -0.478. The van der Waals surface area contributed by atoms with E-state index in [1.165, 1.54) is 11.3 Å². The van der Waals surface area contributed by atoms with Gasteiger partial charge in [-0.1, -0.05) is 37.3 Å². The first-order valence-electron chi connectivity index (χ1n) is 8.24. The number of carbonyl (C=O) groups is 1. The van der Waals surface area contributed by atoms with Crippen LogP contribution in [0.25, 0.3) is 0 Å². The molecule has 0 spiro atoms. The van der Waals surface area contributed by atoms with Gasteiger partial charge in [0.05, 0.1) is 5.69 Å². The summed E-state index contributed by atoms with van der Waals surface area (Å²) in [5, 5.41) is 3.75. The van der Waals surface area contributed by atoms with Gasteiger partial charge in [-0.15, -0.1) is 0 Å². The van der Waals surface area contributed by atoms with Crippen molar-refractivity contribution in [2.75, 3.05) is 10.2 Å². The highest BCUT2D eigenvalue weighted by atomic mass is 16.1. The monoisotopic (exact) mass is 304 g/mol. The molecular weight excluding hydrogens is 284 g/mol. The highest BCUT2D eigenvalue weighted by Gasteiger charge is 2.71. The molecule has 3 unspecified atom stereocenters. The van der Waals surface area contributed by atoms with E-state index in [0.29, 0.717) is 0 Å². The lowest BCUT2D eigenvalue weighted by atomic mass is 9.71. The van der Waals surface area contributed by atoms with E-state index in [9.17, 15) is 4.79 Å². The molecule has 116 valence electrons. The molecule has 3 heteroatoms. The molecule has 1 fully saturated rings. The van der Waals surface area contributed by atoms with Crippen LogP contribution >= 0.6 is 0 Å². The van der Waals surface area contributed by atoms with Crippen LogP contribution in [0, 0.1) is 0 Å². The number of nitrogens with zero attached hydrogens (tertiary/aromatic N) is 1. The Hall–Kier alpha value is -2.29. The first-order chi connectivity index (χ1) is 10.9. The minimum absolute atomic E-state index is 0.0957. The third kappa shape index (κ3) is 1.20. The Labute approximate surface area is 136 Å². The number of fused-ring (bicyclic) bond motifs is 7. The Morgan fingerprint density at radius 1 is 1.00 bits per heavy atom. The molecule has 1 N–H and O–H groups in total. The number of hydrogen-bond donors (Lipinski definition) is 1. The molecule has 0 aliphatic carbocycles. The molecule has 3 heterocycles. The Balaban J connectivity index is 1.80. The lowest BCUT2D eigenvalue weighted by Crippen LogP contribution is -2.58. The molecule has 0 radical (unpaired) electrons. The molecule has 2 aromatic rings. The average molecular weight is 304 g/mol. The summed E-state index contributed by atoms with van der Waals surface area (Å²) in [6, 6.07) is 16.5. The number of benzene rings is 2. The van der Waals surface area contributed by atoms with E-state index in [2.05, 4.69) is 61.3 Å². The van der Waals surface area contributed by atoms with E-state index in [4.69, 9.17) is 0 Å². The fraction of sp³-hybridized carbons (Fsp3) is 0.350.